The summed E-state index contributed by atoms with van der Waals surface area (Å²) in [5.74, 6) is 0.114. The molecule has 0 bridgehead atoms. The smallest absolute Gasteiger partial charge is 0.164 e. The Bertz CT molecular complexity index is 437. The standard InChI is InChI=1S/C14H21N3O/c1-3-14(18)12-10-11(4-5-13(12)15)17-8-6-16(2)7-9-17/h4-5,10H,3,6-9,15H2,1-2H3. The van der Waals surface area contributed by atoms with E-state index in [-0.39, 0.29) is 5.78 Å². The molecule has 1 heterocycles. The van der Waals surface area contributed by atoms with Gasteiger partial charge < -0.3 is 15.5 Å². The van der Waals surface area contributed by atoms with Crippen molar-refractivity contribution in [1.29, 1.82) is 0 Å². The number of carbonyl (C=O) groups is 1. The lowest BCUT2D eigenvalue weighted by atomic mass is 10.1. The average Bonchev–Trinajstić information content (AvgIpc) is 2.39. The molecule has 1 fully saturated rings. The highest BCUT2D eigenvalue weighted by Gasteiger charge is 2.16. The van der Waals surface area contributed by atoms with Crippen molar-refractivity contribution < 1.29 is 4.79 Å². The lowest BCUT2D eigenvalue weighted by Gasteiger charge is -2.34. The molecule has 1 aliphatic rings. The van der Waals surface area contributed by atoms with Crippen LogP contribution in [-0.4, -0.2) is 43.9 Å². The van der Waals surface area contributed by atoms with E-state index in [0.29, 0.717) is 17.7 Å². The van der Waals surface area contributed by atoms with E-state index in [1.807, 2.05) is 25.1 Å². The number of nitrogens with two attached hydrogens (primary N) is 1. The Hall–Kier alpha value is -1.55. The van der Waals surface area contributed by atoms with Gasteiger partial charge in [-0.25, -0.2) is 0 Å². The van der Waals surface area contributed by atoms with Gasteiger partial charge in [0.25, 0.3) is 0 Å². The van der Waals surface area contributed by atoms with Crippen molar-refractivity contribution in [3.63, 3.8) is 0 Å². The fourth-order valence-corrected chi connectivity index (χ4v) is 2.24. The lowest BCUT2D eigenvalue weighted by molar-refractivity contribution is 0.0989. The molecule has 2 rings (SSSR count). The van der Waals surface area contributed by atoms with Crippen molar-refractivity contribution in [1.82, 2.24) is 4.90 Å². The number of piperazine rings is 1. The Morgan fingerprint density at radius 2 is 1.94 bits per heavy atom. The van der Waals surface area contributed by atoms with Crippen LogP contribution in [0.1, 0.15) is 23.7 Å². The highest BCUT2D eigenvalue weighted by Crippen LogP contribution is 2.23. The second-order valence-corrected chi connectivity index (χ2v) is 4.84. The predicted molar refractivity (Wildman–Crippen MR) is 75.2 cm³/mol. The summed E-state index contributed by atoms with van der Waals surface area (Å²) in [6.45, 7) is 5.98. The molecule has 1 saturated heterocycles. The molecule has 1 aromatic rings. The van der Waals surface area contributed by atoms with Crippen LogP contribution in [0.3, 0.4) is 0 Å². The zero-order valence-corrected chi connectivity index (χ0v) is 11.1. The molecule has 0 aromatic heterocycles. The number of ketones is 1. The van der Waals surface area contributed by atoms with Gasteiger partial charge in [-0.05, 0) is 25.2 Å². The monoisotopic (exact) mass is 247 g/mol. The zero-order valence-electron chi connectivity index (χ0n) is 11.1. The molecular formula is C14H21N3O. The Morgan fingerprint density at radius 3 is 2.56 bits per heavy atom. The van der Waals surface area contributed by atoms with Crippen LogP contribution in [0.15, 0.2) is 18.2 Å². The first-order valence-electron chi connectivity index (χ1n) is 6.48. The molecule has 18 heavy (non-hydrogen) atoms. The summed E-state index contributed by atoms with van der Waals surface area (Å²) in [4.78, 5) is 16.4. The molecule has 0 unspecified atom stereocenters. The number of hydrogen-bond acceptors (Lipinski definition) is 4. The quantitative estimate of drug-likeness (QED) is 0.651. The highest BCUT2D eigenvalue weighted by molar-refractivity contribution is 6.01. The molecule has 1 aliphatic heterocycles. The number of rotatable bonds is 3. The summed E-state index contributed by atoms with van der Waals surface area (Å²) in [7, 11) is 2.13. The van der Waals surface area contributed by atoms with Gasteiger partial charge >= 0.3 is 0 Å². The number of nitrogen functional groups attached to an aromatic ring is 1. The third kappa shape index (κ3) is 2.64. The van der Waals surface area contributed by atoms with Gasteiger partial charge in [-0.15, -0.1) is 0 Å². The molecule has 0 aliphatic carbocycles. The zero-order chi connectivity index (χ0) is 13.1. The fraction of sp³-hybridized carbons (Fsp3) is 0.500. The van der Waals surface area contributed by atoms with Crippen LogP contribution in [0.4, 0.5) is 11.4 Å². The third-order valence-corrected chi connectivity index (χ3v) is 3.53. The molecule has 4 heteroatoms. The second kappa shape index (κ2) is 5.40. The van der Waals surface area contributed by atoms with E-state index >= 15 is 0 Å². The van der Waals surface area contributed by atoms with Gasteiger partial charge in [0.05, 0.1) is 0 Å². The summed E-state index contributed by atoms with van der Waals surface area (Å²) < 4.78 is 0. The number of anilines is 2. The van der Waals surface area contributed by atoms with Crippen molar-refractivity contribution in [3.8, 4) is 0 Å². The van der Waals surface area contributed by atoms with Crippen LogP contribution in [-0.2, 0) is 0 Å². The van der Waals surface area contributed by atoms with Crippen molar-refractivity contribution >= 4 is 17.2 Å². The molecule has 0 saturated carbocycles. The van der Waals surface area contributed by atoms with E-state index in [9.17, 15) is 4.79 Å². The van der Waals surface area contributed by atoms with Gasteiger partial charge in [-0.1, -0.05) is 6.92 Å². The van der Waals surface area contributed by atoms with Crippen molar-refractivity contribution in [3.05, 3.63) is 23.8 Å². The minimum Gasteiger partial charge on any atom is -0.398 e. The Labute approximate surface area is 108 Å². The average molecular weight is 247 g/mol. The maximum absolute atomic E-state index is 11.8. The minimum atomic E-state index is 0.114. The lowest BCUT2D eigenvalue weighted by Crippen LogP contribution is -2.44. The van der Waals surface area contributed by atoms with Crippen molar-refractivity contribution in [2.24, 2.45) is 0 Å². The maximum Gasteiger partial charge on any atom is 0.164 e. The SMILES string of the molecule is CCC(=O)c1cc(N2CCN(C)CC2)ccc1N. The Balaban J connectivity index is 2.21. The van der Waals surface area contributed by atoms with Gasteiger partial charge in [0.15, 0.2) is 5.78 Å². The van der Waals surface area contributed by atoms with E-state index in [1.165, 1.54) is 0 Å². The first kappa shape index (κ1) is 12.9. The van der Waals surface area contributed by atoms with Crippen LogP contribution >= 0.6 is 0 Å². The second-order valence-electron chi connectivity index (χ2n) is 4.84. The fourth-order valence-electron chi connectivity index (χ4n) is 2.24. The summed E-state index contributed by atoms with van der Waals surface area (Å²) >= 11 is 0. The summed E-state index contributed by atoms with van der Waals surface area (Å²) in [6, 6.07) is 5.79. The van der Waals surface area contributed by atoms with Gasteiger partial charge in [0.1, 0.15) is 0 Å². The van der Waals surface area contributed by atoms with E-state index in [2.05, 4.69) is 16.8 Å². The van der Waals surface area contributed by atoms with Crippen LogP contribution in [0.25, 0.3) is 0 Å². The number of carbonyl (C=O) groups excluding carboxylic acids is 1. The molecule has 0 spiro atoms. The molecule has 98 valence electrons. The predicted octanol–water partition coefficient (Wildman–Crippen LogP) is 1.61. The van der Waals surface area contributed by atoms with Crippen LogP contribution < -0.4 is 10.6 Å². The number of Topliss-reactive ketones (excluding diaryl/α,β-unsaturated/α-hetero) is 1. The van der Waals surface area contributed by atoms with Gasteiger partial charge in [0.2, 0.25) is 0 Å². The van der Waals surface area contributed by atoms with Gasteiger partial charge in [-0.3, -0.25) is 4.79 Å². The maximum atomic E-state index is 11.8. The van der Waals surface area contributed by atoms with E-state index in [1.54, 1.807) is 0 Å². The summed E-state index contributed by atoms with van der Waals surface area (Å²) in [5, 5.41) is 0. The molecule has 0 radical (unpaired) electrons. The van der Waals surface area contributed by atoms with Crippen molar-refractivity contribution in [2.45, 2.75) is 13.3 Å². The minimum absolute atomic E-state index is 0.114. The largest absolute Gasteiger partial charge is 0.398 e. The number of hydrogen-bond donors (Lipinski definition) is 1. The van der Waals surface area contributed by atoms with Crippen LogP contribution in [0.5, 0.6) is 0 Å². The van der Waals surface area contributed by atoms with E-state index in [4.69, 9.17) is 5.73 Å². The number of benzene rings is 1. The molecule has 2 N–H and O–H groups in total. The van der Waals surface area contributed by atoms with E-state index < -0.39 is 0 Å². The topological polar surface area (TPSA) is 49.6 Å². The third-order valence-electron chi connectivity index (χ3n) is 3.53. The number of likely N-dealkylation sites (N-methyl/N-ethyl adjacent to an activating group) is 1. The first-order chi connectivity index (χ1) is 8.61. The Morgan fingerprint density at radius 1 is 1.28 bits per heavy atom. The molecule has 1 aromatic carbocycles. The van der Waals surface area contributed by atoms with Gasteiger partial charge in [-0.2, -0.15) is 0 Å². The molecular weight excluding hydrogens is 226 g/mol. The first-order valence-corrected chi connectivity index (χ1v) is 6.48. The molecule has 0 atom stereocenters. The van der Waals surface area contributed by atoms with Crippen molar-refractivity contribution in [2.75, 3.05) is 43.9 Å². The summed E-state index contributed by atoms with van der Waals surface area (Å²) in [5.41, 5.74) is 8.22. The Kier molecular flexibility index (Phi) is 3.87. The number of nitrogens with zero attached hydrogens (tertiary/aromatic N) is 2. The van der Waals surface area contributed by atoms with Crippen LogP contribution in [0, 0.1) is 0 Å². The highest BCUT2D eigenvalue weighted by atomic mass is 16.1. The molecule has 4 nitrogen and oxygen atoms in total. The normalized spacial score (nSPS) is 16.9. The van der Waals surface area contributed by atoms with Crippen LogP contribution in [0.2, 0.25) is 0 Å². The van der Waals surface area contributed by atoms with E-state index in [0.717, 1.165) is 31.9 Å². The van der Waals surface area contributed by atoms with Gasteiger partial charge in [0, 0.05) is 49.5 Å². The summed E-state index contributed by atoms with van der Waals surface area (Å²) in [6.07, 6.45) is 0.496. The molecule has 0 amide bonds.